The molecule has 1 aliphatic rings. The van der Waals surface area contributed by atoms with Crippen molar-refractivity contribution in [1.82, 2.24) is 0 Å². The quantitative estimate of drug-likeness (QED) is 0.604. The Balaban J connectivity index is 3.08. The lowest BCUT2D eigenvalue weighted by atomic mass is 9.58. The summed E-state index contributed by atoms with van der Waals surface area (Å²) < 4.78 is 0. The van der Waals surface area contributed by atoms with Gasteiger partial charge in [0.25, 0.3) is 0 Å². The highest BCUT2D eigenvalue weighted by atomic mass is 16.2. The minimum absolute atomic E-state index is 0.0162. The zero-order valence-corrected chi connectivity index (χ0v) is 9.81. The third-order valence-corrected chi connectivity index (χ3v) is 4.17. The molecule has 80 valence electrons. The van der Waals surface area contributed by atoms with Crippen LogP contribution in [0.5, 0.6) is 0 Å². The molecule has 2 atom stereocenters. The third kappa shape index (κ3) is 1.41. The lowest BCUT2D eigenvalue weighted by Crippen LogP contribution is -2.50. The highest BCUT2D eigenvalue weighted by Crippen LogP contribution is 2.46. The highest BCUT2D eigenvalue weighted by Gasteiger charge is 2.51. The largest absolute Gasteiger partial charge is 0.299 e. The van der Waals surface area contributed by atoms with Crippen LogP contribution >= 0.6 is 0 Å². The smallest absolute Gasteiger partial charge is 0.151 e. The lowest BCUT2D eigenvalue weighted by molar-refractivity contribution is -0.151. The summed E-state index contributed by atoms with van der Waals surface area (Å²) in [6.45, 7) is 9.34. The first-order chi connectivity index (χ1) is 6.23. The van der Waals surface area contributed by atoms with Crippen molar-refractivity contribution in [2.75, 3.05) is 0 Å². The Hall–Kier alpha value is -0.660. The molecule has 0 aromatic rings. The molecule has 0 saturated heterocycles. The molecular formula is C12H20O2. The number of ketones is 2. The summed E-state index contributed by atoms with van der Waals surface area (Å²) in [5, 5.41) is 0. The maximum Gasteiger partial charge on any atom is 0.151 e. The minimum Gasteiger partial charge on any atom is -0.299 e. The van der Waals surface area contributed by atoms with Crippen molar-refractivity contribution >= 4 is 11.6 Å². The Kier molecular flexibility index (Phi) is 2.59. The van der Waals surface area contributed by atoms with Crippen LogP contribution in [-0.2, 0) is 9.59 Å². The molecule has 0 N–H and O–H groups in total. The van der Waals surface area contributed by atoms with Crippen molar-refractivity contribution in [3.8, 4) is 0 Å². The van der Waals surface area contributed by atoms with Gasteiger partial charge < -0.3 is 0 Å². The zero-order valence-electron chi connectivity index (χ0n) is 9.81. The standard InChI is InChI=1S/C12H20O2/c1-8-6-7-12(5,9(2)13)10(14)11(8,3)4/h8H,6-7H2,1-5H3/t8-,12?/m1/s1. The molecule has 0 aliphatic heterocycles. The van der Waals surface area contributed by atoms with E-state index >= 15 is 0 Å². The van der Waals surface area contributed by atoms with Gasteiger partial charge in [0, 0.05) is 5.41 Å². The molecule has 2 heteroatoms. The fourth-order valence-electron chi connectivity index (χ4n) is 2.25. The highest BCUT2D eigenvalue weighted by molar-refractivity contribution is 6.08. The second kappa shape index (κ2) is 3.18. The van der Waals surface area contributed by atoms with Crippen LogP contribution in [0.25, 0.3) is 0 Å². The molecular weight excluding hydrogens is 176 g/mol. The average Bonchev–Trinajstić information content (AvgIpc) is 2.09. The minimum atomic E-state index is -0.726. The summed E-state index contributed by atoms with van der Waals surface area (Å²) >= 11 is 0. The Bertz CT molecular complexity index is 278. The van der Waals surface area contributed by atoms with Crippen LogP contribution in [0.3, 0.4) is 0 Å². The monoisotopic (exact) mass is 196 g/mol. The van der Waals surface area contributed by atoms with Gasteiger partial charge >= 0.3 is 0 Å². The molecule has 1 saturated carbocycles. The third-order valence-electron chi connectivity index (χ3n) is 4.17. The number of carbonyl (C=O) groups is 2. The first kappa shape index (κ1) is 11.4. The van der Waals surface area contributed by atoms with Crippen molar-refractivity contribution < 1.29 is 9.59 Å². The summed E-state index contributed by atoms with van der Waals surface area (Å²) in [7, 11) is 0. The fraction of sp³-hybridized carbons (Fsp3) is 0.833. The van der Waals surface area contributed by atoms with Gasteiger partial charge in [0.2, 0.25) is 0 Å². The molecule has 0 aromatic heterocycles. The molecule has 0 aromatic carbocycles. The van der Waals surface area contributed by atoms with Gasteiger partial charge in [-0.1, -0.05) is 20.8 Å². The van der Waals surface area contributed by atoms with Crippen molar-refractivity contribution in [1.29, 1.82) is 0 Å². The number of carbonyl (C=O) groups excluding carboxylic acids is 2. The summed E-state index contributed by atoms with van der Waals surface area (Å²) in [6.07, 6.45) is 1.68. The Morgan fingerprint density at radius 2 is 1.86 bits per heavy atom. The molecule has 14 heavy (non-hydrogen) atoms. The van der Waals surface area contributed by atoms with E-state index in [2.05, 4.69) is 6.92 Å². The maximum atomic E-state index is 12.2. The van der Waals surface area contributed by atoms with Crippen LogP contribution in [0.2, 0.25) is 0 Å². The molecule has 1 aliphatic carbocycles. The summed E-state index contributed by atoms with van der Waals surface area (Å²) in [5.41, 5.74) is -1.07. The Morgan fingerprint density at radius 1 is 1.36 bits per heavy atom. The number of hydrogen-bond donors (Lipinski definition) is 0. The predicted octanol–water partition coefficient (Wildman–Crippen LogP) is 2.61. The van der Waals surface area contributed by atoms with Gasteiger partial charge in [-0.3, -0.25) is 9.59 Å². The van der Waals surface area contributed by atoms with E-state index in [9.17, 15) is 9.59 Å². The van der Waals surface area contributed by atoms with Crippen molar-refractivity contribution in [3.05, 3.63) is 0 Å². The molecule has 0 amide bonds. The van der Waals surface area contributed by atoms with Gasteiger partial charge in [-0.15, -0.1) is 0 Å². The van der Waals surface area contributed by atoms with Crippen LogP contribution < -0.4 is 0 Å². The maximum absolute atomic E-state index is 12.2. The van der Waals surface area contributed by atoms with E-state index in [0.29, 0.717) is 12.3 Å². The Labute approximate surface area is 86.1 Å². The van der Waals surface area contributed by atoms with Crippen molar-refractivity contribution in [3.63, 3.8) is 0 Å². The van der Waals surface area contributed by atoms with Crippen LogP contribution in [0.1, 0.15) is 47.5 Å². The second-order valence-corrected chi connectivity index (χ2v) is 5.38. The van der Waals surface area contributed by atoms with Gasteiger partial charge in [0.05, 0.1) is 5.41 Å². The average molecular weight is 196 g/mol. The first-order valence-corrected chi connectivity index (χ1v) is 5.29. The number of hydrogen-bond acceptors (Lipinski definition) is 2. The van der Waals surface area contributed by atoms with Gasteiger partial charge in [-0.2, -0.15) is 0 Å². The SMILES string of the molecule is CC(=O)C1(C)CC[C@@H](C)C(C)(C)C1=O. The molecule has 0 radical (unpaired) electrons. The normalized spacial score (nSPS) is 36.9. The van der Waals surface area contributed by atoms with Crippen LogP contribution in [-0.4, -0.2) is 11.6 Å². The van der Waals surface area contributed by atoms with Crippen molar-refractivity contribution in [2.24, 2.45) is 16.7 Å². The Morgan fingerprint density at radius 3 is 2.29 bits per heavy atom. The van der Waals surface area contributed by atoms with E-state index in [1.165, 1.54) is 6.92 Å². The summed E-state index contributed by atoms with van der Waals surface area (Å²) in [4.78, 5) is 23.7. The molecule has 1 fully saturated rings. The topological polar surface area (TPSA) is 34.1 Å². The zero-order chi connectivity index (χ0) is 11.1. The van der Waals surface area contributed by atoms with Gasteiger partial charge in [-0.05, 0) is 32.6 Å². The first-order valence-electron chi connectivity index (χ1n) is 5.29. The van der Waals surface area contributed by atoms with E-state index in [1.807, 2.05) is 13.8 Å². The molecule has 2 nitrogen and oxygen atoms in total. The van der Waals surface area contributed by atoms with Gasteiger partial charge in [0.1, 0.15) is 5.78 Å². The molecule has 0 heterocycles. The molecule has 0 bridgehead atoms. The second-order valence-electron chi connectivity index (χ2n) is 5.38. The van der Waals surface area contributed by atoms with Gasteiger partial charge in [-0.25, -0.2) is 0 Å². The van der Waals surface area contributed by atoms with Crippen LogP contribution in [0.15, 0.2) is 0 Å². The van der Waals surface area contributed by atoms with Crippen LogP contribution in [0, 0.1) is 16.7 Å². The molecule has 1 unspecified atom stereocenters. The van der Waals surface area contributed by atoms with Gasteiger partial charge in [0.15, 0.2) is 5.78 Å². The number of rotatable bonds is 1. The van der Waals surface area contributed by atoms with E-state index in [0.717, 1.165) is 6.42 Å². The van der Waals surface area contributed by atoms with E-state index < -0.39 is 5.41 Å². The predicted molar refractivity (Wildman–Crippen MR) is 56.0 cm³/mol. The molecule has 1 rings (SSSR count). The fourth-order valence-corrected chi connectivity index (χ4v) is 2.25. The molecule has 0 spiro atoms. The van der Waals surface area contributed by atoms with E-state index in [1.54, 1.807) is 6.92 Å². The summed E-state index contributed by atoms with van der Waals surface area (Å²) in [6, 6.07) is 0. The van der Waals surface area contributed by atoms with E-state index in [4.69, 9.17) is 0 Å². The number of Topliss-reactive ketones (excluding diaryl/α,β-unsaturated/α-hetero) is 2. The van der Waals surface area contributed by atoms with E-state index in [-0.39, 0.29) is 17.0 Å². The lowest BCUT2D eigenvalue weighted by Gasteiger charge is -2.43. The van der Waals surface area contributed by atoms with Crippen LogP contribution in [0.4, 0.5) is 0 Å². The van der Waals surface area contributed by atoms with Crippen molar-refractivity contribution in [2.45, 2.75) is 47.5 Å². The summed E-state index contributed by atoms with van der Waals surface area (Å²) in [5.74, 6) is 0.515.